The van der Waals surface area contributed by atoms with E-state index in [1.807, 2.05) is 0 Å². The van der Waals surface area contributed by atoms with Gasteiger partial charge in [-0.3, -0.25) is 0 Å². The van der Waals surface area contributed by atoms with Gasteiger partial charge in [0.2, 0.25) is 0 Å². The summed E-state index contributed by atoms with van der Waals surface area (Å²) in [6, 6.07) is -0.270. The Morgan fingerprint density at radius 3 is 2.85 bits per heavy atom. The van der Waals surface area contributed by atoms with Crippen molar-refractivity contribution >= 4 is 6.09 Å². The quantitative estimate of drug-likeness (QED) is 0.539. The van der Waals surface area contributed by atoms with Crippen LogP contribution in [0.4, 0.5) is 4.79 Å². The van der Waals surface area contributed by atoms with E-state index in [0.717, 1.165) is 0 Å². The van der Waals surface area contributed by atoms with Gasteiger partial charge in [0.15, 0.2) is 0 Å². The number of methoxy groups -OCH3 is 1. The van der Waals surface area contributed by atoms with E-state index < -0.39 is 11.7 Å². The second-order valence-electron chi connectivity index (χ2n) is 3.64. The summed E-state index contributed by atoms with van der Waals surface area (Å²) in [6.45, 7) is 2.41. The molecule has 0 radical (unpaired) electrons. The van der Waals surface area contributed by atoms with Gasteiger partial charge in [-0.2, -0.15) is 0 Å². The van der Waals surface area contributed by atoms with Gasteiger partial charge in [0, 0.05) is 12.6 Å². The largest absolute Gasteiger partial charge is 0.453 e. The van der Waals surface area contributed by atoms with E-state index in [2.05, 4.69) is 4.74 Å². The summed E-state index contributed by atoms with van der Waals surface area (Å²) in [4.78, 5) is 12.6. The third-order valence-electron chi connectivity index (χ3n) is 2.45. The van der Waals surface area contributed by atoms with Gasteiger partial charge in [-0.25, -0.2) is 4.79 Å². The highest BCUT2D eigenvalue weighted by molar-refractivity contribution is 5.67. The van der Waals surface area contributed by atoms with Crippen molar-refractivity contribution in [2.75, 3.05) is 20.2 Å². The summed E-state index contributed by atoms with van der Waals surface area (Å²) in [7, 11) is 1.32. The van der Waals surface area contributed by atoms with Crippen LogP contribution in [0.5, 0.6) is 0 Å². The van der Waals surface area contributed by atoms with Crippen molar-refractivity contribution < 1.29 is 14.6 Å². The topological polar surface area (TPSA) is 75.8 Å². The van der Waals surface area contributed by atoms with E-state index in [4.69, 9.17) is 5.73 Å². The first-order valence-electron chi connectivity index (χ1n) is 4.28. The number of hydrogen-bond donors (Lipinski definition) is 2. The van der Waals surface area contributed by atoms with Gasteiger partial charge in [-0.1, -0.05) is 0 Å². The Bertz CT molecular complexity index is 206. The Kier molecular flexibility index (Phi) is 2.77. The van der Waals surface area contributed by atoms with E-state index in [1.165, 1.54) is 12.0 Å². The summed E-state index contributed by atoms with van der Waals surface area (Å²) in [6.07, 6.45) is 0.189. The highest BCUT2D eigenvalue weighted by Crippen LogP contribution is 2.19. The van der Waals surface area contributed by atoms with Crippen molar-refractivity contribution in [1.29, 1.82) is 0 Å². The Morgan fingerprint density at radius 2 is 2.38 bits per heavy atom. The molecular weight excluding hydrogens is 172 g/mol. The zero-order chi connectivity index (χ0) is 10.1. The number of rotatable bonds is 0. The molecule has 0 aromatic carbocycles. The zero-order valence-corrected chi connectivity index (χ0v) is 7.99. The van der Waals surface area contributed by atoms with E-state index in [1.54, 1.807) is 6.92 Å². The first-order chi connectivity index (χ1) is 5.97. The van der Waals surface area contributed by atoms with Crippen LogP contribution in [0.25, 0.3) is 0 Å². The maximum atomic E-state index is 11.1. The van der Waals surface area contributed by atoms with Crippen molar-refractivity contribution in [3.05, 3.63) is 0 Å². The number of amides is 1. The van der Waals surface area contributed by atoms with Gasteiger partial charge in [0.05, 0.1) is 19.3 Å². The number of β-amino-alcohol motifs (C(OH)–C–C–N with tert-alkyl or cyclic N) is 1. The van der Waals surface area contributed by atoms with Crippen LogP contribution in [0, 0.1) is 0 Å². The molecule has 0 spiro atoms. The van der Waals surface area contributed by atoms with Crippen molar-refractivity contribution in [1.82, 2.24) is 4.90 Å². The summed E-state index contributed by atoms with van der Waals surface area (Å²) in [5.74, 6) is 0. The van der Waals surface area contributed by atoms with Gasteiger partial charge in [0.1, 0.15) is 0 Å². The standard InChI is InChI=1S/C8H16N2O3/c1-8(12)5-10(7(11)13-2)4-3-6(8)9/h6,12H,3-5,9H2,1-2H3. The van der Waals surface area contributed by atoms with Crippen LogP contribution in [0.1, 0.15) is 13.3 Å². The predicted octanol–water partition coefficient (Wildman–Crippen LogP) is -0.463. The third-order valence-corrected chi connectivity index (χ3v) is 2.45. The number of nitrogens with two attached hydrogens (primary N) is 1. The Morgan fingerprint density at radius 1 is 1.77 bits per heavy atom. The van der Waals surface area contributed by atoms with Crippen molar-refractivity contribution in [3.63, 3.8) is 0 Å². The first kappa shape index (κ1) is 10.3. The number of hydrogen-bond acceptors (Lipinski definition) is 4. The monoisotopic (exact) mass is 188 g/mol. The first-order valence-corrected chi connectivity index (χ1v) is 4.28. The summed E-state index contributed by atoms with van der Waals surface area (Å²) < 4.78 is 4.55. The maximum Gasteiger partial charge on any atom is 0.409 e. The van der Waals surface area contributed by atoms with Crippen LogP contribution < -0.4 is 5.73 Å². The molecule has 1 fully saturated rings. The molecule has 3 N–H and O–H groups in total. The predicted molar refractivity (Wildman–Crippen MR) is 47.2 cm³/mol. The van der Waals surface area contributed by atoms with E-state index in [-0.39, 0.29) is 12.6 Å². The fourth-order valence-corrected chi connectivity index (χ4v) is 1.47. The molecule has 76 valence electrons. The number of nitrogens with zero attached hydrogens (tertiary/aromatic N) is 1. The lowest BCUT2D eigenvalue weighted by molar-refractivity contribution is -0.0281. The summed E-state index contributed by atoms with van der Waals surface area (Å²) >= 11 is 0. The molecule has 5 heteroatoms. The number of ether oxygens (including phenoxy) is 1. The lowest BCUT2D eigenvalue weighted by atomic mass is 9.90. The molecule has 0 aromatic rings. The summed E-state index contributed by atoms with van der Waals surface area (Å²) in [5, 5.41) is 9.78. The number of piperidine rings is 1. The minimum absolute atomic E-state index is 0.237. The summed E-state index contributed by atoms with van der Waals surface area (Å²) in [5.41, 5.74) is 4.68. The van der Waals surface area contributed by atoms with Gasteiger partial charge < -0.3 is 20.5 Å². The van der Waals surface area contributed by atoms with E-state index in [0.29, 0.717) is 13.0 Å². The Hall–Kier alpha value is -0.810. The van der Waals surface area contributed by atoms with Crippen LogP contribution in [-0.4, -0.2) is 47.9 Å². The minimum atomic E-state index is -1.01. The van der Waals surface area contributed by atoms with Gasteiger partial charge in [-0.05, 0) is 13.3 Å². The molecule has 1 saturated heterocycles. The third kappa shape index (κ3) is 2.10. The molecule has 0 bridgehead atoms. The van der Waals surface area contributed by atoms with Gasteiger partial charge in [-0.15, -0.1) is 0 Å². The second kappa shape index (κ2) is 3.51. The number of aliphatic hydroxyl groups is 1. The SMILES string of the molecule is COC(=O)N1CCC(N)C(C)(O)C1. The molecule has 0 saturated carbocycles. The molecule has 1 aliphatic rings. The molecule has 1 aliphatic heterocycles. The molecule has 0 aliphatic carbocycles. The Balaban J connectivity index is 2.60. The number of likely N-dealkylation sites (tertiary alicyclic amines) is 1. The average molecular weight is 188 g/mol. The molecule has 5 nitrogen and oxygen atoms in total. The van der Waals surface area contributed by atoms with Crippen LogP contribution in [0.15, 0.2) is 0 Å². The van der Waals surface area contributed by atoms with Gasteiger partial charge in [0.25, 0.3) is 0 Å². The van der Waals surface area contributed by atoms with Crippen LogP contribution in [0.2, 0.25) is 0 Å². The van der Waals surface area contributed by atoms with E-state index in [9.17, 15) is 9.90 Å². The molecule has 1 rings (SSSR count). The molecule has 2 atom stereocenters. The average Bonchev–Trinajstić information content (AvgIpc) is 2.08. The fraction of sp³-hybridized carbons (Fsp3) is 0.875. The highest BCUT2D eigenvalue weighted by atomic mass is 16.5. The maximum absolute atomic E-state index is 11.1. The van der Waals surface area contributed by atoms with Crippen molar-refractivity contribution in [2.24, 2.45) is 5.73 Å². The second-order valence-corrected chi connectivity index (χ2v) is 3.64. The van der Waals surface area contributed by atoms with Crippen molar-refractivity contribution in [2.45, 2.75) is 25.0 Å². The molecule has 13 heavy (non-hydrogen) atoms. The van der Waals surface area contributed by atoms with Crippen LogP contribution in [0.3, 0.4) is 0 Å². The molecule has 2 unspecified atom stereocenters. The minimum Gasteiger partial charge on any atom is -0.453 e. The van der Waals surface area contributed by atoms with Crippen molar-refractivity contribution in [3.8, 4) is 0 Å². The van der Waals surface area contributed by atoms with Crippen LogP contribution >= 0.6 is 0 Å². The number of carbonyl (C=O) groups is 1. The van der Waals surface area contributed by atoms with E-state index >= 15 is 0 Å². The molecular formula is C8H16N2O3. The molecule has 1 amide bonds. The zero-order valence-electron chi connectivity index (χ0n) is 7.99. The smallest absolute Gasteiger partial charge is 0.409 e. The fourth-order valence-electron chi connectivity index (χ4n) is 1.47. The molecule has 0 aromatic heterocycles. The lowest BCUT2D eigenvalue weighted by Gasteiger charge is -2.40. The van der Waals surface area contributed by atoms with Gasteiger partial charge >= 0.3 is 6.09 Å². The normalized spacial score (nSPS) is 34.5. The Labute approximate surface area is 77.5 Å². The highest BCUT2D eigenvalue weighted by Gasteiger charge is 2.37. The molecule has 1 heterocycles. The van der Waals surface area contributed by atoms with Crippen LogP contribution in [-0.2, 0) is 4.74 Å². The lowest BCUT2D eigenvalue weighted by Crippen LogP contribution is -2.59. The number of carbonyl (C=O) groups excluding carboxylic acids is 1.